The van der Waals surface area contributed by atoms with E-state index >= 15 is 0 Å². The van der Waals surface area contributed by atoms with Gasteiger partial charge in [0.25, 0.3) is 0 Å². The van der Waals surface area contributed by atoms with E-state index in [2.05, 4.69) is 70.8 Å². The Morgan fingerprint density at radius 3 is 2.27 bits per heavy atom. The first-order chi connectivity index (χ1) is 10.8. The van der Waals surface area contributed by atoms with Gasteiger partial charge in [-0.15, -0.1) is 0 Å². The summed E-state index contributed by atoms with van der Waals surface area (Å²) in [5.74, 6) is 0. The summed E-state index contributed by atoms with van der Waals surface area (Å²) in [7, 11) is 0. The minimum Gasteiger partial charge on any atom is -0.231 e. The molecule has 1 aromatic heterocycles. The third-order valence-corrected chi connectivity index (χ3v) is 4.12. The maximum atomic E-state index is 4.27. The lowest BCUT2D eigenvalue weighted by molar-refractivity contribution is 0.971. The normalized spacial score (nSPS) is 11.4. The van der Waals surface area contributed by atoms with Gasteiger partial charge in [-0.1, -0.05) is 66.4 Å². The molecule has 22 heavy (non-hydrogen) atoms. The summed E-state index contributed by atoms with van der Waals surface area (Å²) in [6, 6.07) is 20.7. The minimum absolute atomic E-state index is 0.754. The standard InChI is InChI=1S/C19H16N2S/c1-15-8-5-6-11-17(15)18(16-9-3-2-4-10-16)14-22-19-20-12-7-13-21-19/h2-14H,1H3/b18-14+. The molecule has 0 fully saturated rings. The van der Waals surface area contributed by atoms with Crippen molar-refractivity contribution in [3.05, 3.63) is 95.2 Å². The van der Waals surface area contributed by atoms with Crippen LogP contribution < -0.4 is 0 Å². The Morgan fingerprint density at radius 1 is 0.864 bits per heavy atom. The summed E-state index contributed by atoms with van der Waals surface area (Å²) in [5.41, 5.74) is 4.88. The van der Waals surface area contributed by atoms with Crippen LogP contribution in [-0.4, -0.2) is 9.97 Å². The molecule has 1 heterocycles. The average molecular weight is 304 g/mol. The third-order valence-electron chi connectivity index (χ3n) is 3.34. The molecule has 0 radical (unpaired) electrons. The average Bonchev–Trinajstić information content (AvgIpc) is 2.58. The molecule has 0 aliphatic rings. The van der Waals surface area contributed by atoms with Gasteiger partial charge in [-0.3, -0.25) is 0 Å². The molecule has 108 valence electrons. The fraction of sp³-hybridized carbons (Fsp3) is 0.0526. The zero-order valence-electron chi connectivity index (χ0n) is 12.3. The van der Waals surface area contributed by atoms with Gasteiger partial charge in [0, 0.05) is 12.4 Å². The Hall–Kier alpha value is -2.39. The van der Waals surface area contributed by atoms with Crippen LogP contribution in [0.4, 0.5) is 0 Å². The van der Waals surface area contributed by atoms with Crippen LogP contribution in [0.15, 0.2) is 83.6 Å². The molecule has 0 saturated heterocycles. The molecule has 0 unspecified atom stereocenters. The number of benzene rings is 2. The van der Waals surface area contributed by atoms with Gasteiger partial charge in [0.05, 0.1) is 0 Å². The lowest BCUT2D eigenvalue weighted by Gasteiger charge is -2.11. The first kappa shape index (κ1) is 14.5. The van der Waals surface area contributed by atoms with E-state index in [4.69, 9.17) is 0 Å². The van der Waals surface area contributed by atoms with Crippen molar-refractivity contribution in [2.75, 3.05) is 0 Å². The van der Waals surface area contributed by atoms with E-state index in [-0.39, 0.29) is 0 Å². The molecule has 0 atom stereocenters. The maximum absolute atomic E-state index is 4.27. The van der Waals surface area contributed by atoms with E-state index in [0.29, 0.717) is 0 Å². The summed E-state index contributed by atoms with van der Waals surface area (Å²) >= 11 is 1.54. The van der Waals surface area contributed by atoms with Crippen LogP contribution in [0.1, 0.15) is 16.7 Å². The van der Waals surface area contributed by atoms with Crippen LogP contribution in [0.2, 0.25) is 0 Å². The largest absolute Gasteiger partial charge is 0.231 e. The number of aryl methyl sites for hydroxylation is 1. The number of thioether (sulfide) groups is 1. The van der Waals surface area contributed by atoms with Gasteiger partial charge in [0.2, 0.25) is 0 Å². The molecule has 0 N–H and O–H groups in total. The molecule has 2 nitrogen and oxygen atoms in total. The van der Waals surface area contributed by atoms with Crippen LogP contribution >= 0.6 is 11.8 Å². The fourth-order valence-electron chi connectivity index (χ4n) is 2.24. The van der Waals surface area contributed by atoms with E-state index in [1.807, 2.05) is 12.1 Å². The van der Waals surface area contributed by atoms with Crippen molar-refractivity contribution in [3.8, 4) is 0 Å². The Balaban J connectivity index is 2.02. The molecular formula is C19H16N2S. The van der Waals surface area contributed by atoms with Gasteiger partial charge >= 0.3 is 0 Å². The highest BCUT2D eigenvalue weighted by molar-refractivity contribution is 8.02. The molecule has 0 amide bonds. The summed E-state index contributed by atoms with van der Waals surface area (Å²) in [6.07, 6.45) is 3.53. The van der Waals surface area contributed by atoms with Crippen LogP contribution in [0.3, 0.4) is 0 Å². The third kappa shape index (κ3) is 3.43. The molecule has 0 aliphatic heterocycles. The van der Waals surface area contributed by atoms with Crippen LogP contribution in [0, 0.1) is 6.92 Å². The highest BCUT2D eigenvalue weighted by atomic mass is 32.2. The monoisotopic (exact) mass is 304 g/mol. The number of aromatic nitrogens is 2. The molecule has 3 rings (SSSR count). The first-order valence-electron chi connectivity index (χ1n) is 7.10. The van der Waals surface area contributed by atoms with Gasteiger partial charge in [0.15, 0.2) is 5.16 Å². The number of hydrogen-bond donors (Lipinski definition) is 0. The van der Waals surface area contributed by atoms with Crippen LogP contribution in [0.25, 0.3) is 5.57 Å². The Labute approximate surface area is 135 Å². The smallest absolute Gasteiger partial charge is 0.191 e. The predicted octanol–water partition coefficient (Wildman–Crippen LogP) is 4.97. The molecule has 2 aromatic carbocycles. The van der Waals surface area contributed by atoms with Crippen molar-refractivity contribution in [2.45, 2.75) is 12.1 Å². The first-order valence-corrected chi connectivity index (χ1v) is 7.98. The summed E-state index contributed by atoms with van der Waals surface area (Å²) in [4.78, 5) is 8.54. The Bertz CT molecular complexity index is 768. The molecule has 3 aromatic rings. The highest BCUT2D eigenvalue weighted by Gasteiger charge is 2.08. The second-order valence-corrected chi connectivity index (χ2v) is 5.70. The van der Waals surface area contributed by atoms with Crippen LogP contribution in [0.5, 0.6) is 0 Å². The lowest BCUT2D eigenvalue weighted by Crippen LogP contribution is -1.91. The summed E-state index contributed by atoms with van der Waals surface area (Å²) < 4.78 is 0. The van der Waals surface area contributed by atoms with E-state index in [1.54, 1.807) is 24.2 Å². The van der Waals surface area contributed by atoms with E-state index in [0.717, 1.165) is 5.16 Å². The van der Waals surface area contributed by atoms with Gasteiger partial charge in [0.1, 0.15) is 0 Å². The second-order valence-electron chi connectivity index (χ2n) is 4.86. The van der Waals surface area contributed by atoms with E-state index in [1.165, 1.54) is 22.3 Å². The molecule has 0 bridgehead atoms. The van der Waals surface area contributed by atoms with E-state index in [9.17, 15) is 0 Å². The van der Waals surface area contributed by atoms with Crippen molar-refractivity contribution < 1.29 is 0 Å². The second kappa shape index (κ2) is 7.05. The number of nitrogens with zero attached hydrogens (tertiary/aromatic N) is 2. The topological polar surface area (TPSA) is 25.8 Å². The van der Waals surface area contributed by atoms with Crippen molar-refractivity contribution >= 4 is 17.3 Å². The number of hydrogen-bond acceptors (Lipinski definition) is 3. The SMILES string of the molecule is Cc1ccccc1/C(=C/Sc1ncccn1)c1ccccc1. The van der Waals surface area contributed by atoms with Gasteiger partial charge in [-0.05, 0) is 40.7 Å². The van der Waals surface area contributed by atoms with Crippen molar-refractivity contribution in [2.24, 2.45) is 0 Å². The maximum Gasteiger partial charge on any atom is 0.191 e. The lowest BCUT2D eigenvalue weighted by atomic mass is 9.96. The zero-order valence-corrected chi connectivity index (χ0v) is 13.1. The van der Waals surface area contributed by atoms with Gasteiger partial charge in [-0.2, -0.15) is 0 Å². The van der Waals surface area contributed by atoms with Crippen molar-refractivity contribution in [1.82, 2.24) is 9.97 Å². The predicted molar refractivity (Wildman–Crippen MR) is 92.6 cm³/mol. The van der Waals surface area contributed by atoms with Crippen molar-refractivity contribution in [3.63, 3.8) is 0 Å². The zero-order chi connectivity index (χ0) is 15.2. The molecular weight excluding hydrogens is 288 g/mol. The minimum atomic E-state index is 0.754. The quantitative estimate of drug-likeness (QED) is 0.503. The van der Waals surface area contributed by atoms with E-state index < -0.39 is 0 Å². The highest BCUT2D eigenvalue weighted by Crippen LogP contribution is 2.30. The van der Waals surface area contributed by atoms with Gasteiger partial charge in [-0.25, -0.2) is 9.97 Å². The van der Waals surface area contributed by atoms with Crippen molar-refractivity contribution in [1.29, 1.82) is 0 Å². The van der Waals surface area contributed by atoms with Gasteiger partial charge < -0.3 is 0 Å². The molecule has 0 spiro atoms. The fourth-order valence-corrected chi connectivity index (χ4v) is 2.97. The number of rotatable bonds is 4. The Morgan fingerprint density at radius 2 is 1.55 bits per heavy atom. The van der Waals surface area contributed by atoms with Crippen LogP contribution in [-0.2, 0) is 0 Å². The summed E-state index contributed by atoms with van der Waals surface area (Å²) in [6.45, 7) is 2.13. The Kier molecular flexibility index (Phi) is 4.66. The summed E-state index contributed by atoms with van der Waals surface area (Å²) in [5, 5.41) is 2.89. The molecule has 3 heteroatoms. The molecule has 0 aliphatic carbocycles. The molecule has 0 saturated carbocycles.